The zero-order valence-electron chi connectivity index (χ0n) is 5.77. The minimum absolute atomic E-state index is 0.128. The predicted octanol–water partition coefficient (Wildman–Crippen LogP) is 0.270. The van der Waals surface area contributed by atoms with Gasteiger partial charge in [-0.2, -0.15) is 0 Å². The summed E-state index contributed by atoms with van der Waals surface area (Å²) in [6, 6.07) is 0. The molecule has 11 heavy (non-hydrogen) atoms. The summed E-state index contributed by atoms with van der Waals surface area (Å²) < 4.78 is 0. The maximum Gasteiger partial charge on any atom is 0.410 e. The Balaban J connectivity index is 2.74. The first-order valence-electron chi connectivity index (χ1n) is 2.85. The van der Waals surface area contributed by atoms with Crippen molar-refractivity contribution in [3.8, 4) is 0 Å². The zero-order valence-corrected chi connectivity index (χ0v) is 5.77. The van der Waals surface area contributed by atoms with Crippen molar-refractivity contribution in [2.24, 2.45) is 0 Å². The maximum absolute atomic E-state index is 10.0. The Morgan fingerprint density at radius 3 is 2.82 bits per heavy atom. The van der Waals surface area contributed by atoms with Crippen LogP contribution in [0.1, 0.15) is 5.82 Å². The molecule has 0 saturated heterocycles. The molecule has 0 bridgehead atoms. The van der Waals surface area contributed by atoms with Crippen molar-refractivity contribution in [1.29, 1.82) is 0 Å². The van der Waals surface area contributed by atoms with Gasteiger partial charge in [-0.05, 0) is 6.92 Å². The van der Waals surface area contributed by atoms with Crippen LogP contribution in [0.3, 0.4) is 0 Å². The first-order valence-corrected chi connectivity index (χ1v) is 2.85. The van der Waals surface area contributed by atoms with E-state index in [-0.39, 0.29) is 5.82 Å². The summed E-state index contributed by atoms with van der Waals surface area (Å²) >= 11 is 0. The van der Waals surface area contributed by atoms with Gasteiger partial charge in [0.25, 0.3) is 0 Å². The second kappa shape index (κ2) is 2.91. The van der Waals surface area contributed by atoms with Crippen LogP contribution in [0.5, 0.6) is 0 Å². The quantitative estimate of drug-likeness (QED) is 0.606. The van der Waals surface area contributed by atoms with E-state index in [1.807, 2.05) is 5.32 Å². The van der Waals surface area contributed by atoms with Gasteiger partial charge in [0.2, 0.25) is 0 Å². The summed E-state index contributed by atoms with van der Waals surface area (Å²) in [5.74, 6) is 0.629. The molecule has 6 nitrogen and oxygen atoms in total. The lowest BCUT2D eigenvalue weighted by molar-refractivity contribution is 0.209. The molecule has 0 fully saturated rings. The fourth-order valence-electron chi connectivity index (χ4n) is 0.499. The van der Waals surface area contributed by atoms with Crippen molar-refractivity contribution < 1.29 is 9.90 Å². The fourth-order valence-corrected chi connectivity index (χ4v) is 0.499. The van der Waals surface area contributed by atoms with E-state index in [4.69, 9.17) is 5.11 Å². The molecule has 0 atom stereocenters. The van der Waals surface area contributed by atoms with Crippen LogP contribution >= 0.6 is 0 Å². The van der Waals surface area contributed by atoms with Gasteiger partial charge in [-0.1, -0.05) is 0 Å². The van der Waals surface area contributed by atoms with Crippen molar-refractivity contribution in [3.63, 3.8) is 0 Å². The molecule has 1 rings (SSSR count). The third-order valence-corrected chi connectivity index (χ3v) is 0.911. The first-order chi connectivity index (χ1) is 5.18. The second-order valence-corrected chi connectivity index (χ2v) is 1.82. The highest BCUT2D eigenvalue weighted by Gasteiger charge is 1.98. The molecular weight excluding hydrogens is 148 g/mol. The van der Waals surface area contributed by atoms with Gasteiger partial charge in [0.05, 0.1) is 6.20 Å². The molecule has 2 N–H and O–H groups in total. The number of carboxylic acid groups (broad SMARTS) is 1. The van der Waals surface area contributed by atoms with E-state index in [2.05, 4.69) is 15.2 Å². The number of carbonyl (C=O) groups is 1. The molecule has 0 unspecified atom stereocenters. The molecule has 0 aliphatic carbocycles. The van der Waals surface area contributed by atoms with Gasteiger partial charge in [0.1, 0.15) is 5.82 Å². The van der Waals surface area contributed by atoms with Crippen molar-refractivity contribution in [3.05, 3.63) is 12.0 Å². The van der Waals surface area contributed by atoms with Gasteiger partial charge < -0.3 is 5.11 Å². The number of nitrogens with one attached hydrogen (secondary N) is 1. The van der Waals surface area contributed by atoms with Crippen molar-refractivity contribution in [2.75, 3.05) is 5.32 Å². The Morgan fingerprint density at radius 2 is 2.36 bits per heavy atom. The van der Waals surface area contributed by atoms with Gasteiger partial charge in [-0.15, -0.1) is 10.2 Å². The lowest BCUT2D eigenvalue weighted by Crippen LogP contribution is -2.10. The summed E-state index contributed by atoms with van der Waals surface area (Å²) in [6.07, 6.45) is 0.126. The molecule has 1 aromatic rings. The predicted molar refractivity (Wildman–Crippen MR) is 36.2 cm³/mol. The molecule has 0 saturated carbocycles. The molecule has 0 radical (unpaired) electrons. The van der Waals surface area contributed by atoms with E-state index in [9.17, 15) is 4.79 Å². The molecule has 0 aliphatic heterocycles. The van der Waals surface area contributed by atoms with E-state index in [1.54, 1.807) is 6.92 Å². The topological polar surface area (TPSA) is 88.0 Å². The smallest absolute Gasteiger partial charge is 0.410 e. The molecule has 1 heterocycles. The van der Waals surface area contributed by atoms with Crippen LogP contribution in [-0.4, -0.2) is 26.4 Å². The summed E-state index contributed by atoms with van der Waals surface area (Å²) in [5, 5.41) is 17.3. The van der Waals surface area contributed by atoms with Crippen LogP contribution < -0.4 is 5.32 Å². The van der Waals surface area contributed by atoms with Crippen LogP contribution in [0.15, 0.2) is 6.20 Å². The Morgan fingerprint density at radius 1 is 1.64 bits per heavy atom. The van der Waals surface area contributed by atoms with Crippen molar-refractivity contribution in [1.82, 2.24) is 15.2 Å². The molecule has 1 amide bonds. The summed E-state index contributed by atoms with van der Waals surface area (Å²) in [6.45, 7) is 1.66. The molecule has 6 heteroatoms. The third-order valence-electron chi connectivity index (χ3n) is 0.911. The summed E-state index contributed by atoms with van der Waals surface area (Å²) in [7, 11) is 0. The highest BCUT2D eigenvalue weighted by molar-refractivity contribution is 5.80. The van der Waals surface area contributed by atoms with Crippen LogP contribution in [0.4, 0.5) is 10.6 Å². The summed E-state index contributed by atoms with van der Waals surface area (Å²) in [5.41, 5.74) is 0. The van der Waals surface area contributed by atoms with Crippen molar-refractivity contribution in [2.45, 2.75) is 6.92 Å². The SMILES string of the molecule is Cc1ncc(NC(=O)O)nn1. The highest BCUT2D eigenvalue weighted by Crippen LogP contribution is 1.95. The van der Waals surface area contributed by atoms with Crippen LogP contribution in [0, 0.1) is 6.92 Å². The third kappa shape index (κ3) is 2.17. The number of hydrogen-bond donors (Lipinski definition) is 2. The number of anilines is 1. The molecular formula is C5H6N4O2. The number of aryl methyl sites for hydroxylation is 1. The Hall–Kier alpha value is -1.72. The minimum atomic E-state index is -1.18. The van der Waals surface area contributed by atoms with Crippen molar-refractivity contribution >= 4 is 11.9 Å². The monoisotopic (exact) mass is 154 g/mol. The van der Waals surface area contributed by atoms with E-state index in [1.165, 1.54) is 6.20 Å². The standard InChI is InChI=1S/C5H6N4O2/c1-3-6-2-4(9-8-3)7-5(10)11/h2H,1H3,(H,7,9)(H,10,11). The fraction of sp³-hybridized carbons (Fsp3) is 0.200. The molecule has 0 aliphatic rings. The number of amides is 1. The summed E-state index contributed by atoms with van der Waals surface area (Å²) in [4.78, 5) is 13.8. The van der Waals surface area contributed by atoms with Gasteiger partial charge >= 0.3 is 6.09 Å². The normalized spacial score (nSPS) is 9.18. The molecule has 58 valence electrons. The number of nitrogens with zero attached hydrogens (tertiary/aromatic N) is 3. The lowest BCUT2D eigenvalue weighted by Gasteiger charge is -1.95. The number of aromatic nitrogens is 3. The molecule has 1 aromatic heterocycles. The Kier molecular flexibility index (Phi) is 1.95. The van der Waals surface area contributed by atoms with Gasteiger partial charge in [-0.25, -0.2) is 9.78 Å². The largest absolute Gasteiger partial charge is 0.465 e. The van der Waals surface area contributed by atoms with Gasteiger partial charge in [0, 0.05) is 0 Å². The van der Waals surface area contributed by atoms with Gasteiger partial charge in [-0.3, -0.25) is 5.32 Å². The van der Waals surface area contributed by atoms with Crippen LogP contribution in [-0.2, 0) is 0 Å². The number of hydrogen-bond acceptors (Lipinski definition) is 4. The minimum Gasteiger partial charge on any atom is -0.465 e. The Bertz CT molecular complexity index is 258. The van der Waals surface area contributed by atoms with E-state index < -0.39 is 6.09 Å². The molecule has 0 spiro atoms. The average Bonchev–Trinajstić information content (AvgIpc) is 1.93. The van der Waals surface area contributed by atoms with Crippen LogP contribution in [0.25, 0.3) is 0 Å². The van der Waals surface area contributed by atoms with E-state index >= 15 is 0 Å². The average molecular weight is 154 g/mol. The second-order valence-electron chi connectivity index (χ2n) is 1.82. The Labute approximate surface area is 62.3 Å². The van der Waals surface area contributed by atoms with Crippen LogP contribution in [0.2, 0.25) is 0 Å². The van der Waals surface area contributed by atoms with E-state index in [0.717, 1.165) is 0 Å². The molecule has 0 aromatic carbocycles. The first kappa shape index (κ1) is 7.39. The lowest BCUT2D eigenvalue weighted by atomic mass is 10.6. The number of rotatable bonds is 1. The highest BCUT2D eigenvalue weighted by atomic mass is 16.4. The zero-order chi connectivity index (χ0) is 8.27. The maximum atomic E-state index is 10.0. The van der Waals surface area contributed by atoms with Gasteiger partial charge in [0.15, 0.2) is 5.82 Å². The van der Waals surface area contributed by atoms with E-state index in [0.29, 0.717) is 5.82 Å².